The molecule has 2 rings (SSSR count). The van der Waals surface area contributed by atoms with Crippen LogP contribution in [-0.4, -0.2) is 27.6 Å². The van der Waals surface area contributed by atoms with Crippen molar-refractivity contribution in [3.63, 3.8) is 0 Å². The fourth-order valence-corrected chi connectivity index (χ4v) is 1.32. The van der Waals surface area contributed by atoms with Gasteiger partial charge in [-0.25, -0.2) is 0 Å². The molecule has 0 aliphatic carbocycles. The summed E-state index contributed by atoms with van der Waals surface area (Å²) in [4.78, 5) is 21.4. The average Bonchev–Trinajstić information content (AvgIpc) is 2.89. The molecule has 1 heterocycles. The van der Waals surface area contributed by atoms with Gasteiger partial charge in [-0.3, -0.25) is 20.0 Å². The molecule has 98 valence electrons. The van der Waals surface area contributed by atoms with Crippen molar-refractivity contribution >= 4 is 17.4 Å². The molecule has 8 nitrogen and oxygen atoms in total. The highest BCUT2D eigenvalue weighted by atomic mass is 16.6. The van der Waals surface area contributed by atoms with Crippen LogP contribution in [-0.2, 0) is 4.79 Å². The zero-order chi connectivity index (χ0) is 13.7. The molecular weight excluding hydrogens is 252 g/mol. The van der Waals surface area contributed by atoms with Gasteiger partial charge in [0.25, 0.3) is 11.6 Å². The van der Waals surface area contributed by atoms with Crippen LogP contribution in [0.5, 0.6) is 5.75 Å². The molecule has 0 radical (unpaired) electrons. The predicted octanol–water partition coefficient (Wildman–Crippen LogP) is 1.34. The van der Waals surface area contributed by atoms with E-state index in [0.29, 0.717) is 11.6 Å². The van der Waals surface area contributed by atoms with Crippen molar-refractivity contribution in [3.05, 3.63) is 46.6 Å². The van der Waals surface area contributed by atoms with E-state index in [1.807, 2.05) is 0 Å². The number of hydrogen-bond acceptors (Lipinski definition) is 5. The summed E-state index contributed by atoms with van der Waals surface area (Å²) in [5.74, 6) is 0.491. The Labute approximate surface area is 107 Å². The van der Waals surface area contributed by atoms with Crippen molar-refractivity contribution < 1.29 is 14.5 Å². The van der Waals surface area contributed by atoms with Gasteiger partial charge in [-0.2, -0.15) is 5.10 Å². The number of carbonyl (C=O) groups is 1. The molecule has 0 aliphatic heterocycles. The number of nitro benzene ring substituents is 1. The lowest BCUT2D eigenvalue weighted by Crippen LogP contribution is -2.20. The lowest BCUT2D eigenvalue weighted by atomic mass is 10.3. The Morgan fingerprint density at radius 3 is 2.68 bits per heavy atom. The maximum absolute atomic E-state index is 11.5. The normalized spacial score (nSPS) is 9.89. The van der Waals surface area contributed by atoms with E-state index in [4.69, 9.17) is 4.74 Å². The van der Waals surface area contributed by atoms with E-state index in [2.05, 4.69) is 15.5 Å². The maximum Gasteiger partial charge on any atom is 0.269 e. The largest absolute Gasteiger partial charge is 0.484 e. The monoisotopic (exact) mass is 262 g/mol. The van der Waals surface area contributed by atoms with Gasteiger partial charge < -0.3 is 10.1 Å². The lowest BCUT2D eigenvalue weighted by molar-refractivity contribution is -0.384. The molecule has 0 fully saturated rings. The van der Waals surface area contributed by atoms with Gasteiger partial charge in [0.05, 0.1) is 11.1 Å². The van der Waals surface area contributed by atoms with Crippen LogP contribution in [0.2, 0.25) is 0 Å². The highest BCUT2D eigenvalue weighted by molar-refractivity contribution is 5.90. The quantitative estimate of drug-likeness (QED) is 0.624. The Hall–Kier alpha value is -2.90. The van der Waals surface area contributed by atoms with Crippen LogP contribution >= 0.6 is 0 Å². The second kappa shape index (κ2) is 5.63. The number of nitro groups is 1. The minimum absolute atomic E-state index is 0.0331. The Balaban J connectivity index is 1.84. The van der Waals surface area contributed by atoms with E-state index in [1.165, 1.54) is 30.5 Å². The first-order chi connectivity index (χ1) is 9.15. The van der Waals surface area contributed by atoms with Crippen LogP contribution in [0.1, 0.15) is 0 Å². The molecule has 0 bridgehead atoms. The van der Waals surface area contributed by atoms with Gasteiger partial charge in [-0.05, 0) is 12.1 Å². The van der Waals surface area contributed by atoms with Crippen molar-refractivity contribution in [2.24, 2.45) is 0 Å². The summed E-state index contributed by atoms with van der Waals surface area (Å²) in [6.07, 6.45) is 1.51. The molecule has 2 aromatic rings. The summed E-state index contributed by atoms with van der Waals surface area (Å²) >= 11 is 0. The van der Waals surface area contributed by atoms with Crippen molar-refractivity contribution in [3.8, 4) is 5.75 Å². The number of carbonyl (C=O) groups excluding carboxylic acids is 1. The van der Waals surface area contributed by atoms with E-state index >= 15 is 0 Å². The van der Waals surface area contributed by atoms with Gasteiger partial charge in [0.15, 0.2) is 6.61 Å². The SMILES string of the molecule is O=C(COc1ccc([N+](=O)[O-])cc1)Nc1ccn[nH]1. The third-order valence-corrected chi connectivity index (χ3v) is 2.19. The van der Waals surface area contributed by atoms with Crippen LogP contribution < -0.4 is 10.1 Å². The summed E-state index contributed by atoms with van der Waals surface area (Å²) in [6.45, 7) is -0.198. The number of aromatic amines is 1. The van der Waals surface area contributed by atoms with E-state index in [0.717, 1.165) is 0 Å². The molecule has 0 saturated heterocycles. The molecule has 0 atom stereocenters. The zero-order valence-electron chi connectivity index (χ0n) is 9.70. The van der Waals surface area contributed by atoms with Crippen molar-refractivity contribution in [1.29, 1.82) is 0 Å². The number of non-ortho nitro benzene ring substituents is 1. The summed E-state index contributed by atoms with van der Waals surface area (Å²) in [7, 11) is 0. The molecule has 2 N–H and O–H groups in total. The van der Waals surface area contributed by atoms with Crippen molar-refractivity contribution in [1.82, 2.24) is 10.2 Å². The number of H-pyrrole nitrogens is 1. The van der Waals surface area contributed by atoms with E-state index in [-0.39, 0.29) is 18.2 Å². The van der Waals surface area contributed by atoms with Gasteiger partial charge in [-0.1, -0.05) is 0 Å². The topological polar surface area (TPSA) is 110 Å². The Bertz CT molecular complexity index is 565. The molecule has 0 unspecified atom stereocenters. The van der Waals surface area contributed by atoms with Crippen molar-refractivity contribution in [2.45, 2.75) is 0 Å². The number of nitrogens with one attached hydrogen (secondary N) is 2. The number of benzene rings is 1. The number of rotatable bonds is 5. The number of aromatic nitrogens is 2. The maximum atomic E-state index is 11.5. The lowest BCUT2D eigenvalue weighted by Gasteiger charge is -2.05. The molecule has 1 amide bonds. The second-order valence-corrected chi connectivity index (χ2v) is 3.56. The van der Waals surface area contributed by atoms with E-state index in [1.54, 1.807) is 6.07 Å². The Kier molecular flexibility index (Phi) is 3.72. The predicted molar refractivity (Wildman–Crippen MR) is 65.8 cm³/mol. The number of ether oxygens (including phenoxy) is 1. The summed E-state index contributed by atoms with van der Waals surface area (Å²) < 4.78 is 5.18. The number of anilines is 1. The fraction of sp³-hybridized carbons (Fsp3) is 0.0909. The van der Waals surface area contributed by atoms with Crippen LogP contribution in [0.4, 0.5) is 11.5 Å². The molecule has 8 heteroatoms. The third-order valence-electron chi connectivity index (χ3n) is 2.19. The highest BCUT2D eigenvalue weighted by Gasteiger charge is 2.07. The average molecular weight is 262 g/mol. The minimum Gasteiger partial charge on any atom is -0.484 e. The number of amides is 1. The van der Waals surface area contributed by atoms with Gasteiger partial charge in [-0.15, -0.1) is 0 Å². The molecule has 0 spiro atoms. The first-order valence-corrected chi connectivity index (χ1v) is 5.31. The van der Waals surface area contributed by atoms with Crippen LogP contribution in [0.15, 0.2) is 36.5 Å². The first-order valence-electron chi connectivity index (χ1n) is 5.31. The Morgan fingerprint density at radius 2 is 2.11 bits per heavy atom. The molecule has 0 aliphatic rings. The molecular formula is C11H10N4O4. The van der Waals surface area contributed by atoms with E-state index < -0.39 is 4.92 Å². The molecule has 1 aromatic heterocycles. The van der Waals surface area contributed by atoms with E-state index in [9.17, 15) is 14.9 Å². The van der Waals surface area contributed by atoms with Gasteiger partial charge >= 0.3 is 0 Å². The summed E-state index contributed by atoms with van der Waals surface area (Å²) in [5.41, 5.74) is -0.0331. The van der Waals surface area contributed by atoms with Crippen molar-refractivity contribution in [2.75, 3.05) is 11.9 Å². The number of hydrogen-bond donors (Lipinski definition) is 2. The van der Waals surface area contributed by atoms with Gasteiger partial charge in [0.1, 0.15) is 11.6 Å². The molecule has 19 heavy (non-hydrogen) atoms. The third kappa shape index (κ3) is 3.53. The molecule has 1 aromatic carbocycles. The fourth-order valence-electron chi connectivity index (χ4n) is 1.32. The summed E-state index contributed by atoms with van der Waals surface area (Å²) in [5, 5.41) is 19.2. The number of nitrogens with zero attached hydrogens (tertiary/aromatic N) is 2. The van der Waals surface area contributed by atoms with Crippen LogP contribution in [0, 0.1) is 10.1 Å². The smallest absolute Gasteiger partial charge is 0.269 e. The van der Waals surface area contributed by atoms with Gasteiger partial charge in [0, 0.05) is 18.2 Å². The highest BCUT2D eigenvalue weighted by Crippen LogP contribution is 2.17. The zero-order valence-corrected chi connectivity index (χ0v) is 9.70. The molecule has 0 saturated carbocycles. The standard InChI is InChI=1S/C11H10N4O4/c16-11(13-10-5-6-12-14-10)7-19-9-3-1-8(2-4-9)15(17)18/h1-6H,7H2,(H2,12,13,14,16). The minimum atomic E-state index is -0.505. The van der Waals surface area contributed by atoms with Crippen LogP contribution in [0.25, 0.3) is 0 Å². The Morgan fingerprint density at radius 1 is 1.37 bits per heavy atom. The first kappa shape index (κ1) is 12.6. The van der Waals surface area contributed by atoms with Crippen LogP contribution in [0.3, 0.4) is 0 Å². The van der Waals surface area contributed by atoms with Gasteiger partial charge in [0.2, 0.25) is 0 Å². The second-order valence-electron chi connectivity index (χ2n) is 3.56. The summed E-state index contributed by atoms with van der Waals surface area (Å²) in [6, 6.07) is 7.08.